The molecular weight excluding hydrogens is 226 g/mol. The molecule has 0 radical (unpaired) electrons. The van der Waals surface area contributed by atoms with Crippen LogP contribution in [0.4, 0.5) is 0 Å². The van der Waals surface area contributed by atoms with Crippen LogP contribution in [0.2, 0.25) is 0 Å². The minimum Gasteiger partial charge on any atom is -0.493 e. The van der Waals surface area contributed by atoms with E-state index in [1.54, 1.807) is 14.2 Å². The van der Waals surface area contributed by atoms with Gasteiger partial charge in [-0.3, -0.25) is 4.99 Å². The molecular formula is C15H23NO2. The van der Waals surface area contributed by atoms with Gasteiger partial charge < -0.3 is 9.47 Å². The summed E-state index contributed by atoms with van der Waals surface area (Å²) in [4.78, 5) is 4.39. The third-order valence-corrected chi connectivity index (χ3v) is 2.68. The highest BCUT2D eigenvalue weighted by Gasteiger charge is 2.16. The lowest BCUT2D eigenvalue weighted by atomic mass is 9.87. The van der Waals surface area contributed by atoms with Gasteiger partial charge in [0.05, 0.1) is 14.2 Å². The molecule has 0 bridgehead atoms. The zero-order chi connectivity index (χ0) is 13.8. The standard InChI is InChI=1S/C15H23NO2/c1-15(2,3)10-12(16-4)11-7-8-13(17-5)14(9-11)18-6/h7-9H,10H2,1-6H3. The molecule has 100 valence electrons. The fourth-order valence-electron chi connectivity index (χ4n) is 1.83. The Morgan fingerprint density at radius 2 is 1.72 bits per heavy atom. The number of rotatable bonds is 4. The summed E-state index contributed by atoms with van der Waals surface area (Å²) in [5.41, 5.74) is 2.38. The van der Waals surface area contributed by atoms with E-state index in [-0.39, 0.29) is 5.41 Å². The largest absolute Gasteiger partial charge is 0.493 e. The summed E-state index contributed by atoms with van der Waals surface area (Å²) < 4.78 is 10.6. The van der Waals surface area contributed by atoms with Crippen molar-refractivity contribution < 1.29 is 9.47 Å². The second kappa shape index (κ2) is 5.89. The molecule has 1 rings (SSSR count). The Morgan fingerprint density at radius 1 is 1.11 bits per heavy atom. The van der Waals surface area contributed by atoms with Gasteiger partial charge >= 0.3 is 0 Å². The molecule has 0 saturated carbocycles. The first-order chi connectivity index (χ1) is 8.41. The van der Waals surface area contributed by atoms with E-state index >= 15 is 0 Å². The molecule has 0 unspecified atom stereocenters. The first-order valence-corrected chi connectivity index (χ1v) is 6.09. The predicted octanol–water partition coefficient (Wildman–Crippen LogP) is 3.56. The fraction of sp³-hybridized carbons (Fsp3) is 0.533. The van der Waals surface area contributed by atoms with Crippen LogP contribution in [0.5, 0.6) is 11.5 Å². The molecule has 3 nitrogen and oxygen atoms in total. The van der Waals surface area contributed by atoms with Gasteiger partial charge in [-0.25, -0.2) is 0 Å². The maximum absolute atomic E-state index is 5.32. The predicted molar refractivity (Wildman–Crippen MR) is 76.1 cm³/mol. The van der Waals surface area contributed by atoms with Gasteiger partial charge in [-0.15, -0.1) is 0 Å². The van der Waals surface area contributed by atoms with Crippen LogP contribution in [0.25, 0.3) is 0 Å². The average Bonchev–Trinajstić information content (AvgIpc) is 2.34. The van der Waals surface area contributed by atoms with Crippen LogP contribution in [0.1, 0.15) is 32.8 Å². The van der Waals surface area contributed by atoms with Gasteiger partial charge in [-0.1, -0.05) is 20.8 Å². The van der Waals surface area contributed by atoms with Crippen molar-refractivity contribution in [1.82, 2.24) is 0 Å². The van der Waals surface area contributed by atoms with E-state index in [2.05, 4.69) is 25.8 Å². The normalized spacial score (nSPS) is 12.4. The quantitative estimate of drug-likeness (QED) is 0.764. The van der Waals surface area contributed by atoms with Gasteiger partial charge in [0.25, 0.3) is 0 Å². The highest BCUT2D eigenvalue weighted by Crippen LogP contribution is 2.30. The first kappa shape index (κ1) is 14.6. The average molecular weight is 249 g/mol. The molecule has 3 heteroatoms. The van der Waals surface area contributed by atoms with Crippen LogP contribution in [0.3, 0.4) is 0 Å². The minimum atomic E-state index is 0.210. The van der Waals surface area contributed by atoms with E-state index in [1.165, 1.54) is 0 Å². The maximum Gasteiger partial charge on any atom is 0.161 e. The number of nitrogens with zero attached hydrogens (tertiary/aromatic N) is 1. The van der Waals surface area contributed by atoms with Crippen molar-refractivity contribution in [1.29, 1.82) is 0 Å². The number of hydrogen-bond donors (Lipinski definition) is 0. The second-order valence-corrected chi connectivity index (χ2v) is 5.48. The van der Waals surface area contributed by atoms with E-state index in [0.717, 1.165) is 29.2 Å². The van der Waals surface area contributed by atoms with Crippen molar-refractivity contribution in [2.45, 2.75) is 27.2 Å². The highest BCUT2D eigenvalue weighted by molar-refractivity contribution is 6.01. The number of ether oxygens (including phenoxy) is 2. The van der Waals surface area contributed by atoms with Crippen LogP contribution in [0, 0.1) is 5.41 Å². The molecule has 0 amide bonds. The number of aliphatic imine (C=N–C) groups is 1. The molecule has 1 aromatic rings. The lowest BCUT2D eigenvalue weighted by Gasteiger charge is -2.20. The molecule has 0 spiro atoms. The van der Waals surface area contributed by atoms with Gasteiger partial charge in [0, 0.05) is 12.8 Å². The molecule has 0 aliphatic heterocycles. The lowest BCUT2D eigenvalue weighted by Crippen LogP contribution is -2.14. The Hall–Kier alpha value is -1.51. The third-order valence-electron chi connectivity index (χ3n) is 2.68. The number of hydrogen-bond acceptors (Lipinski definition) is 3. The van der Waals surface area contributed by atoms with Crippen molar-refractivity contribution in [2.75, 3.05) is 21.3 Å². The van der Waals surface area contributed by atoms with E-state index in [4.69, 9.17) is 9.47 Å². The van der Waals surface area contributed by atoms with Crippen LogP contribution >= 0.6 is 0 Å². The maximum atomic E-state index is 5.32. The van der Waals surface area contributed by atoms with Crippen LogP contribution < -0.4 is 9.47 Å². The van der Waals surface area contributed by atoms with E-state index in [0.29, 0.717) is 0 Å². The van der Waals surface area contributed by atoms with Crippen LogP contribution in [0.15, 0.2) is 23.2 Å². The van der Waals surface area contributed by atoms with Crippen LogP contribution in [-0.2, 0) is 0 Å². The smallest absolute Gasteiger partial charge is 0.161 e. The molecule has 0 atom stereocenters. The topological polar surface area (TPSA) is 30.8 Å². The molecule has 1 aromatic carbocycles. The van der Waals surface area contributed by atoms with Gasteiger partial charge in [0.1, 0.15) is 0 Å². The van der Waals surface area contributed by atoms with Crippen molar-refractivity contribution in [3.05, 3.63) is 23.8 Å². The molecule has 0 N–H and O–H groups in total. The summed E-state index contributed by atoms with van der Waals surface area (Å²) in [6, 6.07) is 5.92. The minimum absolute atomic E-state index is 0.210. The Kier molecular flexibility index (Phi) is 4.76. The van der Waals surface area contributed by atoms with Gasteiger partial charge in [0.2, 0.25) is 0 Å². The Bertz CT molecular complexity index is 431. The van der Waals surface area contributed by atoms with Gasteiger partial charge in [-0.05, 0) is 35.6 Å². The molecule has 0 aliphatic rings. The van der Waals surface area contributed by atoms with Crippen molar-refractivity contribution in [3.8, 4) is 11.5 Å². The van der Waals surface area contributed by atoms with Crippen molar-refractivity contribution in [2.24, 2.45) is 10.4 Å². The Morgan fingerprint density at radius 3 is 2.17 bits per heavy atom. The van der Waals surface area contributed by atoms with Crippen LogP contribution in [-0.4, -0.2) is 27.0 Å². The summed E-state index contributed by atoms with van der Waals surface area (Å²) in [6.45, 7) is 6.62. The summed E-state index contributed by atoms with van der Waals surface area (Å²) >= 11 is 0. The molecule has 0 saturated heterocycles. The molecule has 0 aromatic heterocycles. The fourth-order valence-corrected chi connectivity index (χ4v) is 1.83. The van der Waals surface area contributed by atoms with Crippen molar-refractivity contribution >= 4 is 5.71 Å². The number of benzene rings is 1. The van der Waals surface area contributed by atoms with E-state index in [1.807, 2.05) is 25.2 Å². The lowest BCUT2D eigenvalue weighted by molar-refractivity contribution is 0.355. The molecule has 0 aliphatic carbocycles. The zero-order valence-electron chi connectivity index (χ0n) is 12.2. The molecule has 0 fully saturated rings. The van der Waals surface area contributed by atoms with E-state index < -0.39 is 0 Å². The third kappa shape index (κ3) is 3.76. The Labute approximate surface area is 110 Å². The number of methoxy groups -OCH3 is 2. The zero-order valence-corrected chi connectivity index (χ0v) is 12.2. The SMILES string of the molecule is CN=C(CC(C)(C)C)c1ccc(OC)c(OC)c1. The Balaban J connectivity index is 3.08. The van der Waals surface area contributed by atoms with E-state index in [9.17, 15) is 0 Å². The van der Waals surface area contributed by atoms with Gasteiger partial charge in [-0.2, -0.15) is 0 Å². The summed E-state index contributed by atoms with van der Waals surface area (Å²) in [5.74, 6) is 1.48. The first-order valence-electron chi connectivity index (χ1n) is 6.09. The molecule has 0 heterocycles. The highest BCUT2D eigenvalue weighted by atomic mass is 16.5. The van der Waals surface area contributed by atoms with Gasteiger partial charge in [0.15, 0.2) is 11.5 Å². The van der Waals surface area contributed by atoms with Crippen molar-refractivity contribution in [3.63, 3.8) is 0 Å². The molecule has 18 heavy (non-hydrogen) atoms. The summed E-state index contributed by atoms with van der Waals surface area (Å²) in [6.07, 6.45) is 0.930. The summed E-state index contributed by atoms with van der Waals surface area (Å²) in [5, 5.41) is 0. The monoisotopic (exact) mass is 249 g/mol. The summed E-state index contributed by atoms with van der Waals surface area (Å²) in [7, 11) is 5.12. The second-order valence-electron chi connectivity index (χ2n) is 5.48.